The van der Waals surface area contributed by atoms with Crippen molar-refractivity contribution in [2.45, 2.75) is 44.6 Å². The molecule has 0 atom stereocenters. The lowest BCUT2D eigenvalue weighted by molar-refractivity contribution is -0.384. The number of sulfone groups is 1. The average molecular weight is 559 g/mol. The first kappa shape index (κ1) is 27.8. The van der Waals surface area contributed by atoms with E-state index in [9.17, 15) is 31.7 Å². The van der Waals surface area contributed by atoms with Crippen LogP contribution in [-0.2, 0) is 16.4 Å². The van der Waals surface area contributed by atoms with Crippen LogP contribution in [-0.4, -0.2) is 71.8 Å². The molecule has 0 bridgehead atoms. The zero-order valence-corrected chi connectivity index (χ0v) is 21.3. The summed E-state index contributed by atoms with van der Waals surface area (Å²) in [4.78, 5) is 21.3. The van der Waals surface area contributed by atoms with E-state index in [1.807, 2.05) is 0 Å². The molecular formula is C23H29F3N6O5S. The molecule has 4 rings (SSSR count). The van der Waals surface area contributed by atoms with Crippen molar-refractivity contribution in [1.82, 2.24) is 14.9 Å². The van der Waals surface area contributed by atoms with Crippen molar-refractivity contribution >= 4 is 27.3 Å². The van der Waals surface area contributed by atoms with Crippen LogP contribution in [0.1, 0.15) is 31.2 Å². The van der Waals surface area contributed by atoms with E-state index in [0.29, 0.717) is 25.7 Å². The molecule has 2 N–H and O–H groups in total. The topological polar surface area (TPSA) is 140 Å². The van der Waals surface area contributed by atoms with Crippen LogP contribution in [0.2, 0.25) is 0 Å². The third-order valence-electron chi connectivity index (χ3n) is 6.87. The molecule has 208 valence electrons. The Bertz CT molecular complexity index is 1220. The Balaban J connectivity index is 1.34. The van der Waals surface area contributed by atoms with Gasteiger partial charge in [0.05, 0.1) is 16.4 Å². The number of halogens is 3. The Labute approximate surface area is 217 Å². The van der Waals surface area contributed by atoms with Gasteiger partial charge >= 0.3 is 12.0 Å². The van der Waals surface area contributed by atoms with E-state index >= 15 is 0 Å². The third kappa shape index (κ3) is 7.66. The molecule has 0 unspecified atom stereocenters. The highest BCUT2D eigenvalue weighted by Gasteiger charge is 2.32. The minimum atomic E-state index is -4.84. The Kier molecular flexibility index (Phi) is 8.55. The minimum absolute atomic E-state index is 0.0173. The average Bonchev–Trinajstić information content (AvgIpc) is 2.86. The van der Waals surface area contributed by atoms with E-state index in [4.69, 9.17) is 0 Å². The van der Waals surface area contributed by atoms with Gasteiger partial charge in [-0.25, -0.2) is 13.4 Å². The number of hydrogen-bond donors (Lipinski definition) is 2. The van der Waals surface area contributed by atoms with Gasteiger partial charge in [-0.2, -0.15) is 4.98 Å². The molecule has 0 amide bonds. The van der Waals surface area contributed by atoms with Gasteiger partial charge < -0.3 is 15.4 Å². The van der Waals surface area contributed by atoms with E-state index in [-0.39, 0.29) is 52.7 Å². The van der Waals surface area contributed by atoms with Gasteiger partial charge in [0.15, 0.2) is 9.84 Å². The fraction of sp³-hybridized carbons (Fsp3) is 0.565. The molecule has 1 saturated carbocycles. The normalized spacial score (nSPS) is 22.0. The van der Waals surface area contributed by atoms with Crippen molar-refractivity contribution in [3.63, 3.8) is 0 Å². The molecule has 1 aliphatic heterocycles. The molecular weight excluding hydrogens is 529 g/mol. The van der Waals surface area contributed by atoms with Gasteiger partial charge in [-0.1, -0.05) is 18.2 Å². The minimum Gasteiger partial charge on any atom is -0.405 e. The lowest BCUT2D eigenvalue weighted by Gasteiger charge is -2.38. The quantitative estimate of drug-likeness (QED) is 0.347. The van der Waals surface area contributed by atoms with Crippen LogP contribution in [0, 0.1) is 16.0 Å². The number of aromatic nitrogens is 2. The van der Waals surface area contributed by atoms with E-state index in [2.05, 4.69) is 30.2 Å². The van der Waals surface area contributed by atoms with E-state index < -0.39 is 21.1 Å². The second kappa shape index (κ2) is 11.7. The Hall–Kier alpha value is -3.20. The van der Waals surface area contributed by atoms with E-state index in [1.165, 1.54) is 18.2 Å². The second-order valence-electron chi connectivity index (χ2n) is 9.44. The van der Waals surface area contributed by atoms with Crippen LogP contribution in [0.3, 0.4) is 0 Å². The maximum absolute atomic E-state index is 12.7. The lowest BCUT2D eigenvalue weighted by Crippen LogP contribution is -2.47. The molecule has 1 aromatic heterocycles. The summed E-state index contributed by atoms with van der Waals surface area (Å²) in [6.45, 7) is 1.49. The van der Waals surface area contributed by atoms with Gasteiger partial charge in [0.1, 0.15) is 11.9 Å². The SMILES string of the molecule is O=[N+]([O-])c1cnc(NCc2ccccc2OC(F)(F)F)nc1NCC1CCC(N2CCS(=O)(=O)CC2)CC1. The van der Waals surface area contributed by atoms with Crippen molar-refractivity contribution in [2.75, 3.05) is 41.8 Å². The van der Waals surface area contributed by atoms with Crippen molar-refractivity contribution in [3.05, 3.63) is 46.1 Å². The summed E-state index contributed by atoms with van der Waals surface area (Å²) in [5.41, 5.74) is -0.0936. The fourth-order valence-corrected chi connectivity index (χ4v) is 6.05. The predicted molar refractivity (Wildman–Crippen MR) is 134 cm³/mol. The third-order valence-corrected chi connectivity index (χ3v) is 8.48. The van der Waals surface area contributed by atoms with Gasteiger partial charge in [-0.3, -0.25) is 15.0 Å². The molecule has 38 heavy (non-hydrogen) atoms. The molecule has 2 fully saturated rings. The van der Waals surface area contributed by atoms with E-state index in [0.717, 1.165) is 31.9 Å². The standard InChI is InChI=1S/C23H29F3N6O5S/c24-23(25,26)37-20-4-2-1-3-17(20)14-28-22-29-15-19(32(33)34)21(30-22)27-13-16-5-7-18(8-6-16)31-9-11-38(35,36)12-10-31/h1-4,15-16,18H,5-14H2,(H2,27,28,29,30). The molecule has 1 aromatic carbocycles. The molecule has 0 radical (unpaired) electrons. The maximum atomic E-state index is 12.7. The molecule has 11 nitrogen and oxygen atoms in total. The highest BCUT2D eigenvalue weighted by molar-refractivity contribution is 7.91. The first-order valence-electron chi connectivity index (χ1n) is 12.3. The number of benzene rings is 1. The number of nitro groups is 1. The second-order valence-corrected chi connectivity index (χ2v) is 11.7. The van der Waals surface area contributed by atoms with Crippen LogP contribution < -0.4 is 15.4 Å². The summed E-state index contributed by atoms with van der Waals surface area (Å²) >= 11 is 0. The monoisotopic (exact) mass is 558 g/mol. The molecule has 2 heterocycles. The zero-order valence-electron chi connectivity index (χ0n) is 20.5. The van der Waals surface area contributed by atoms with Crippen molar-refractivity contribution in [2.24, 2.45) is 5.92 Å². The number of ether oxygens (including phenoxy) is 1. The van der Waals surface area contributed by atoms with Gasteiger partial charge in [-0.15, -0.1) is 13.2 Å². The fourth-order valence-electron chi connectivity index (χ4n) is 4.82. The smallest absolute Gasteiger partial charge is 0.405 e. The number of hydrogen-bond acceptors (Lipinski definition) is 10. The summed E-state index contributed by atoms with van der Waals surface area (Å²) in [5, 5.41) is 17.3. The molecule has 0 spiro atoms. The summed E-state index contributed by atoms with van der Waals surface area (Å²) in [6, 6.07) is 5.97. The van der Waals surface area contributed by atoms with Crippen molar-refractivity contribution < 1.29 is 31.2 Å². The number of anilines is 2. The van der Waals surface area contributed by atoms with Crippen molar-refractivity contribution in [3.8, 4) is 5.75 Å². The highest BCUT2D eigenvalue weighted by atomic mass is 32.2. The van der Waals surface area contributed by atoms with Gasteiger partial charge in [0, 0.05) is 37.8 Å². The first-order chi connectivity index (χ1) is 18.0. The lowest BCUT2D eigenvalue weighted by atomic mass is 9.85. The maximum Gasteiger partial charge on any atom is 0.573 e. The number of para-hydroxylation sites is 1. The van der Waals surface area contributed by atoms with Gasteiger partial charge in [-0.05, 0) is 37.7 Å². The van der Waals surface area contributed by atoms with Gasteiger partial charge in [0.2, 0.25) is 11.8 Å². The van der Waals surface area contributed by atoms with Crippen LogP contribution in [0.15, 0.2) is 30.5 Å². The molecule has 1 saturated heterocycles. The predicted octanol–water partition coefficient (Wildman–Crippen LogP) is 3.60. The summed E-state index contributed by atoms with van der Waals surface area (Å²) in [7, 11) is -2.92. The zero-order chi connectivity index (χ0) is 27.3. The summed E-state index contributed by atoms with van der Waals surface area (Å²) in [5.74, 6) is 0.331. The van der Waals surface area contributed by atoms with Crippen molar-refractivity contribution in [1.29, 1.82) is 0 Å². The molecule has 2 aromatic rings. The largest absolute Gasteiger partial charge is 0.573 e. The molecule has 2 aliphatic rings. The number of nitrogens with one attached hydrogen (secondary N) is 2. The van der Waals surface area contributed by atoms with E-state index in [1.54, 1.807) is 6.07 Å². The van der Waals surface area contributed by atoms with Crippen LogP contribution in [0.25, 0.3) is 0 Å². The number of alkyl halides is 3. The van der Waals surface area contributed by atoms with Gasteiger partial charge in [0.25, 0.3) is 0 Å². The molecule has 15 heteroatoms. The summed E-state index contributed by atoms with van der Waals surface area (Å²) in [6.07, 6.45) is -0.168. The Morgan fingerprint density at radius 1 is 1.11 bits per heavy atom. The Morgan fingerprint density at radius 2 is 1.79 bits per heavy atom. The first-order valence-corrected chi connectivity index (χ1v) is 14.1. The molecule has 1 aliphatic carbocycles. The highest BCUT2D eigenvalue weighted by Crippen LogP contribution is 2.31. The van der Waals surface area contributed by atoms with Crippen LogP contribution in [0.5, 0.6) is 5.75 Å². The van der Waals surface area contributed by atoms with Crippen LogP contribution >= 0.6 is 0 Å². The number of nitrogens with zero attached hydrogens (tertiary/aromatic N) is 4. The van der Waals surface area contributed by atoms with Crippen LogP contribution in [0.4, 0.5) is 30.6 Å². The summed E-state index contributed by atoms with van der Waals surface area (Å²) < 4.78 is 65.4. The number of rotatable bonds is 9. The Morgan fingerprint density at radius 3 is 2.45 bits per heavy atom.